The van der Waals surface area contributed by atoms with Crippen molar-refractivity contribution in [3.05, 3.63) is 70.3 Å². The summed E-state index contributed by atoms with van der Waals surface area (Å²) in [4.78, 5) is 10.9. The largest absolute Gasteiger partial charge is 1.00 e. The average Bonchev–Trinajstić information content (AvgIpc) is 3.39. The van der Waals surface area contributed by atoms with E-state index in [1.54, 1.807) is 22.3 Å². The second-order valence-electron chi connectivity index (χ2n) is 8.76. The molecular formula is C23H26BrNO2. The Kier molecular flexibility index (Phi) is 4.68. The molecule has 2 unspecified atom stereocenters. The van der Waals surface area contributed by atoms with E-state index in [2.05, 4.69) is 49.5 Å². The first-order valence-corrected chi connectivity index (χ1v) is 9.81. The van der Waals surface area contributed by atoms with Crippen LogP contribution in [-0.4, -0.2) is 42.2 Å². The minimum atomic E-state index is -0.580. The molecule has 3 fully saturated rings. The normalized spacial score (nSPS) is 30.8. The highest BCUT2D eigenvalue weighted by atomic mass is 79.9. The Morgan fingerprint density at radius 1 is 1.00 bits per heavy atom. The SMILES string of the molecule is C[N+]12CCC(CC1)C(C(=O)O)C2.[Br-].c1ccc2c(c1)Cc1cccc3c1C23. The van der Waals surface area contributed by atoms with Crippen molar-refractivity contribution in [3.63, 3.8) is 0 Å². The van der Waals surface area contributed by atoms with Crippen LogP contribution in [0.4, 0.5) is 0 Å². The Balaban J connectivity index is 0.000000130. The quantitative estimate of drug-likeness (QED) is 0.452. The third-order valence-corrected chi connectivity index (χ3v) is 7.10. The van der Waals surface area contributed by atoms with Crippen LogP contribution in [0.1, 0.15) is 46.6 Å². The molecule has 0 saturated carbocycles. The lowest BCUT2D eigenvalue weighted by molar-refractivity contribution is -0.927. The van der Waals surface area contributed by atoms with Crippen molar-refractivity contribution in [1.29, 1.82) is 0 Å². The molecule has 142 valence electrons. The summed E-state index contributed by atoms with van der Waals surface area (Å²) in [6.45, 7) is 3.24. The zero-order valence-electron chi connectivity index (χ0n) is 15.7. The fourth-order valence-electron chi connectivity index (χ4n) is 5.51. The molecule has 1 N–H and O–H groups in total. The molecule has 2 bridgehead atoms. The van der Waals surface area contributed by atoms with Gasteiger partial charge in [-0.3, -0.25) is 4.79 Å². The first-order chi connectivity index (χ1) is 12.6. The van der Waals surface area contributed by atoms with Gasteiger partial charge in [-0.25, -0.2) is 0 Å². The van der Waals surface area contributed by atoms with E-state index in [0.717, 1.165) is 30.3 Å². The molecule has 5 aliphatic rings. The maximum Gasteiger partial charge on any atom is 0.312 e. The van der Waals surface area contributed by atoms with Crippen LogP contribution in [0.5, 0.6) is 0 Å². The van der Waals surface area contributed by atoms with Crippen LogP contribution in [0.3, 0.4) is 0 Å². The van der Waals surface area contributed by atoms with Crippen molar-refractivity contribution in [2.45, 2.75) is 25.2 Å². The molecule has 3 heterocycles. The summed E-state index contributed by atoms with van der Waals surface area (Å²) in [5.74, 6) is 0.494. The third-order valence-electron chi connectivity index (χ3n) is 7.10. The Bertz CT molecular complexity index is 886. The van der Waals surface area contributed by atoms with Crippen molar-refractivity contribution in [3.8, 4) is 0 Å². The van der Waals surface area contributed by atoms with Gasteiger partial charge in [-0.1, -0.05) is 42.5 Å². The van der Waals surface area contributed by atoms with Gasteiger partial charge < -0.3 is 26.6 Å². The number of fused-ring (bicyclic) bond motifs is 6. The number of carboxylic acid groups (broad SMARTS) is 1. The number of hydrogen-bond acceptors (Lipinski definition) is 1. The van der Waals surface area contributed by atoms with Gasteiger partial charge in [-0.05, 0) is 40.2 Å². The van der Waals surface area contributed by atoms with Gasteiger partial charge in [-0.2, -0.15) is 0 Å². The molecule has 3 nitrogen and oxygen atoms in total. The van der Waals surface area contributed by atoms with E-state index >= 15 is 0 Å². The molecule has 2 aromatic carbocycles. The van der Waals surface area contributed by atoms with E-state index in [9.17, 15) is 4.79 Å². The van der Waals surface area contributed by atoms with E-state index < -0.39 is 5.97 Å². The van der Waals surface area contributed by atoms with Gasteiger partial charge >= 0.3 is 5.97 Å². The van der Waals surface area contributed by atoms with Crippen molar-refractivity contribution < 1.29 is 31.4 Å². The molecule has 7 rings (SSSR count). The molecule has 3 aliphatic heterocycles. The fourth-order valence-corrected chi connectivity index (χ4v) is 5.51. The van der Waals surface area contributed by atoms with Gasteiger partial charge in [0.05, 0.1) is 26.7 Å². The topological polar surface area (TPSA) is 37.3 Å². The summed E-state index contributed by atoms with van der Waals surface area (Å²) in [7, 11) is 2.19. The van der Waals surface area contributed by atoms with Gasteiger partial charge in [0.15, 0.2) is 0 Å². The fraction of sp³-hybridized carbons (Fsp3) is 0.435. The van der Waals surface area contributed by atoms with Crippen LogP contribution in [0, 0.1) is 11.8 Å². The molecule has 3 saturated heterocycles. The second-order valence-corrected chi connectivity index (χ2v) is 8.76. The first-order valence-electron chi connectivity index (χ1n) is 9.81. The number of piperidine rings is 3. The smallest absolute Gasteiger partial charge is 0.312 e. The third kappa shape index (κ3) is 3.13. The number of quaternary nitrogens is 1. The van der Waals surface area contributed by atoms with Crippen molar-refractivity contribution in [2.75, 3.05) is 26.7 Å². The molecular weight excluding hydrogens is 402 g/mol. The van der Waals surface area contributed by atoms with Gasteiger partial charge in [0, 0.05) is 18.8 Å². The van der Waals surface area contributed by atoms with Crippen molar-refractivity contribution in [1.82, 2.24) is 0 Å². The van der Waals surface area contributed by atoms with Gasteiger partial charge in [0.1, 0.15) is 5.92 Å². The molecule has 2 aliphatic carbocycles. The minimum absolute atomic E-state index is 0. The number of aliphatic carboxylic acids is 1. The van der Waals surface area contributed by atoms with Gasteiger partial charge in [-0.15, -0.1) is 0 Å². The number of benzene rings is 2. The molecule has 0 radical (unpaired) electrons. The second kappa shape index (κ2) is 6.75. The standard InChI is InChI=1S/C14H10.C9H15NO2.BrH/c1-2-6-11-9(4-1)8-10-5-3-7-12-13(10)14(11)12;1-10-4-2-7(3-5-10)8(6-10)9(11)12;/h1-7,14H,8H2;7-8H,2-6H2,1H3;1H. The summed E-state index contributed by atoms with van der Waals surface area (Å²) in [5.41, 5.74) is 7.79. The molecule has 2 atom stereocenters. The van der Waals surface area contributed by atoms with Crippen LogP contribution in [0.25, 0.3) is 0 Å². The lowest BCUT2D eigenvalue weighted by Crippen LogP contribution is -3.00. The summed E-state index contributed by atoms with van der Waals surface area (Å²) < 4.78 is 0.994. The Morgan fingerprint density at radius 3 is 2.33 bits per heavy atom. The van der Waals surface area contributed by atoms with Crippen LogP contribution in [0.2, 0.25) is 0 Å². The molecule has 27 heavy (non-hydrogen) atoms. The predicted molar refractivity (Wildman–Crippen MR) is 101 cm³/mol. The summed E-state index contributed by atoms with van der Waals surface area (Å²) >= 11 is 0. The molecule has 4 heteroatoms. The zero-order chi connectivity index (χ0) is 17.9. The monoisotopic (exact) mass is 427 g/mol. The number of halogens is 1. The van der Waals surface area contributed by atoms with Crippen LogP contribution >= 0.6 is 0 Å². The summed E-state index contributed by atoms with van der Waals surface area (Å²) in [6.07, 6.45) is 3.37. The van der Waals surface area contributed by atoms with Crippen LogP contribution in [-0.2, 0) is 11.2 Å². The van der Waals surface area contributed by atoms with E-state index in [4.69, 9.17) is 5.11 Å². The first kappa shape index (κ1) is 18.7. The number of nitrogens with zero attached hydrogens (tertiary/aromatic N) is 1. The Morgan fingerprint density at radius 2 is 1.67 bits per heavy atom. The highest BCUT2D eigenvalue weighted by molar-refractivity contribution is 5.70. The van der Waals surface area contributed by atoms with Crippen molar-refractivity contribution in [2.24, 2.45) is 11.8 Å². The minimum Gasteiger partial charge on any atom is -1.00 e. The predicted octanol–water partition coefficient (Wildman–Crippen LogP) is 0.646. The van der Waals surface area contributed by atoms with Crippen LogP contribution < -0.4 is 17.0 Å². The Hall–Kier alpha value is -1.65. The van der Waals surface area contributed by atoms with E-state index in [1.165, 1.54) is 18.7 Å². The highest BCUT2D eigenvalue weighted by Crippen LogP contribution is 2.54. The molecule has 2 aromatic rings. The maximum atomic E-state index is 10.9. The van der Waals surface area contributed by atoms with E-state index in [0.29, 0.717) is 11.8 Å². The van der Waals surface area contributed by atoms with Crippen LogP contribution in [0.15, 0.2) is 42.5 Å². The summed E-state index contributed by atoms with van der Waals surface area (Å²) in [5, 5.41) is 8.96. The number of carboxylic acids is 1. The van der Waals surface area contributed by atoms with Gasteiger partial charge in [0.25, 0.3) is 0 Å². The Labute approximate surface area is 171 Å². The number of carbonyl (C=O) groups is 1. The lowest BCUT2D eigenvalue weighted by Gasteiger charge is -2.49. The average molecular weight is 428 g/mol. The van der Waals surface area contributed by atoms with E-state index in [1.807, 2.05) is 0 Å². The molecule has 0 amide bonds. The lowest BCUT2D eigenvalue weighted by atomic mass is 9.77. The van der Waals surface area contributed by atoms with E-state index in [-0.39, 0.29) is 22.9 Å². The molecule has 0 spiro atoms. The van der Waals surface area contributed by atoms with Gasteiger partial charge in [0.2, 0.25) is 0 Å². The summed E-state index contributed by atoms with van der Waals surface area (Å²) in [6, 6.07) is 15.6. The number of hydrogen-bond donors (Lipinski definition) is 1. The highest BCUT2D eigenvalue weighted by Gasteiger charge is 2.46. The van der Waals surface area contributed by atoms with Crippen molar-refractivity contribution >= 4 is 5.97 Å². The maximum absolute atomic E-state index is 10.9. The zero-order valence-corrected chi connectivity index (χ0v) is 17.3. The molecule has 0 aromatic heterocycles. The number of rotatable bonds is 1.